The van der Waals surface area contributed by atoms with Crippen molar-refractivity contribution in [3.05, 3.63) is 90.8 Å². The van der Waals surface area contributed by atoms with Crippen molar-refractivity contribution in [1.29, 1.82) is 0 Å². The van der Waals surface area contributed by atoms with Crippen LogP contribution in [0.1, 0.15) is 34.7 Å². The standard InChI is InChI=1S/C22H18Cl3N3O4/c1-12-9-19(29)21(27-28(12)16-6-4-15(23)5-7-16)22(31)32-11-20(30)26-13(2)14-3-8-17(24)18(25)10-14/h3-10,13H,11H2,1-2H3,(H,26,30). The molecule has 1 unspecified atom stereocenters. The van der Waals surface area contributed by atoms with E-state index in [9.17, 15) is 14.4 Å². The second-order valence-electron chi connectivity index (χ2n) is 6.93. The third-order valence-corrected chi connectivity index (χ3v) is 5.52. The average molecular weight is 495 g/mol. The molecule has 166 valence electrons. The summed E-state index contributed by atoms with van der Waals surface area (Å²) in [6.07, 6.45) is 0. The molecule has 0 spiro atoms. The van der Waals surface area contributed by atoms with Crippen LogP contribution in [0.2, 0.25) is 15.1 Å². The normalized spacial score (nSPS) is 11.7. The molecule has 3 aromatic rings. The summed E-state index contributed by atoms with van der Waals surface area (Å²) in [5.41, 5.74) is 0.805. The van der Waals surface area contributed by atoms with Gasteiger partial charge in [-0.1, -0.05) is 40.9 Å². The van der Waals surface area contributed by atoms with Crippen LogP contribution in [0.25, 0.3) is 5.69 Å². The molecule has 1 N–H and O–H groups in total. The van der Waals surface area contributed by atoms with Gasteiger partial charge in [0.05, 0.1) is 21.8 Å². The van der Waals surface area contributed by atoms with E-state index in [1.807, 2.05) is 0 Å². The van der Waals surface area contributed by atoms with E-state index in [2.05, 4.69) is 10.4 Å². The highest BCUT2D eigenvalue weighted by atomic mass is 35.5. The molecule has 0 aliphatic carbocycles. The van der Waals surface area contributed by atoms with Gasteiger partial charge in [-0.05, 0) is 55.8 Å². The summed E-state index contributed by atoms with van der Waals surface area (Å²) in [5, 5.41) is 8.08. The molecule has 1 heterocycles. The fraction of sp³-hybridized carbons (Fsp3) is 0.182. The van der Waals surface area contributed by atoms with Crippen molar-refractivity contribution < 1.29 is 14.3 Å². The second-order valence-corrected chi connectivity index (χ2v) is 8.18. The summed E-state index contributed by atoms with van der Waals surface area (Å²) < 4.78 is 6.42. The minimum absolute atomic E-state index is 0.360. The molecule has 2 aromatic carbocycles. The van der Waals surface area contributed by atoms with Gasteiger partial charge in [0.15, 0.2) is 6.61 Å². The van der Waals surface area contributed by atoms with Gasteiger partial charge >= 0.3 is 5.97 Å². The molecule has 3 rings (SSSR count). The zero-order valence-electron chi connectivity index (χ0n) is 17.1. The minimum atomic E-state index is -1.00. The van der Waals surface area contributed by atoms with E-state index in [1.165, 1.54) is 10.7 Å². The van der Waals surface area contributed by atoms with Crippen molar-refractivity contribution in [1.82, 2.24) is 15.1 Å². The van der Waals surface area contributed by atoms with Crippen LogP contribution in [-0.4, -0.2) is 28.3 Å². The predicted molar refractivity (Wildman–Crippen MR) is 123 cm³/mol. The van der Waals surface area contributed by atoms with Crippen molar-refractivity contribution in [2.45, 2.75) is 19.9 Å². The SMILES string of the molecule is Cc1cc(=O)c(C(=O)OCC(=O)NC(C)c2ccc(Cl)c(Cl)c2)nn1-c1ccc(Cl)cc1. The Balaban J connectivity index is 1.68. The Bertz CT molecular complexity index is 1230. The topological polar surface area (TPSA) is 90.3 Å². The van der Waals surface area contributed by atoms with Crippen molar-refractivity contribution >= 4 is 46.7 Å². The number of aryl methyl sites for hydroxylation is 1. The van der Waals surface area contributed by atoms with Crippen LogP contribution >= 0.6 is 34.8 Å². The molecule has 0 aliphatic rings. The van der Waals surface area contributed by atoms with Crippen molar-refractivity contribution in [2.75, 3.05) is 6.61 Å². The molecule has 1 amide bonds. The lowest BCUT2D eigenvalue weighted by molar-refractivity contribution is -0.124. The fourth-order valence-corrected chi connectivity index (χ4v) is 3.31. The summed E-state index contributed by atoms with van der Waals surface area (Å²) in [7, 11) is 0. The largest absolute Gasteiger partial charge is 0.451 e. The number of hydrogen-bond acceptors (Lipinski definition) is 5. The number of ether oxygens (including phenoxy) is 1. The van der Waals surface area contributed by atoms with Crippen LogP contribution in [0.3, 0.4) is 0 Å². The van der Waals surface area contributed by atoms with E-state index in [0.29, 0.717) is 26.4 Å². The summed E-state index contributed by atoms with van der Waals surface area (Å²) in [5.74, 6) is -1.56. The van der Waals surface area contributed by atoms with Gasteiger partial charge in [-0.3, -0.25) is 9.59 Å². The molecule has 0 aliphatic heterocycles. The number of esters is 1. The monoisotopic (exact) mass is 493 g/mol. The van der Waals surface area contributed by atoms with E-state index in [0.717, 1.165) is 5.56 Å². The van der Waals surface area contributed by atoms with E-state index < -0.39 is 35.6 Å². The molecule has 10 heteroatoms. The highest BCUT2D eigenvalue weighted by Crippen LogP contribution is 2.25. The number of benzene rings is 2. The lowest BCUT2D eigenvalue weighted by atomic mass is 10.1. The number of halogens is 3. The Morgan fingerprint density at radius 3 is 2.41 bits per heavy atom. The third-order valence-electron chi connectivity index (χ3n) is 4.53. The Labute approximate surface area is 198 Å². The molecule has 0 bridgehead atoms. The number of aromatic nitrogens is 2. The average Bonchev–Trinajstić information content (AvgIpc) is 2.75. The van der Waals surface area contributed by atoms with E-state index in [-0.39, 0.29) is 0 Å². The molecule has 32 heavy (non-hydrogen) atoms. The Kier molecular flexibility index (Phi) is 7.56. The second kappa shape index (κ2) is 10.2. The van der Waals surface area contributed by atoms with Crippen LogP contribution in [-0.2, 0) is 9.53 Å². The number of carbonyl (C=O) groups excluding carboxylic acids is 2. The first-order chi connectivity index (χ1) is 15.2. The van der Waals surface area contributed by atoms with Gasteiger partial charge in [0.2, 0.25) is 11.1 Å². The molecule has 1 atom stereocenters. The van der Waals surface area contributed by atoms with Gasteiger partial charge in [-0.25, -0.2) is 9.48 Å². The van der Waals surface area contributed by atoms with Gasteiger partial charge in [0.25, 0.3) is 5.91 Å². The summed E-state index contributed by atoms with van der Waals surface area (Å²) >= 11 is 17.8. The van der Waals surface area contributed by atoms with E-state index in [1.54, 1.807) is 56.3 Å². The fourth-order valence-electron chi connectivity index (χ4n) is 2.88. The van der Waals surface area contributed by atoms with Gasteiger partial charge in [-0.15, -0.1) is 0 Å². The summed E-state index contributed by atoms with van der Waals surface area (Å²) in [6, 6.07) is 12.6. The first kappa shape index (κ1) is 23.8. The van der Waals surface area contributed by atoms with Crippen LogP contribution in [0, 0.1) is 6.92 Å². The van der Waals surface area contributed by atoms with Gasteiger partial charge in [0.1, 0.15) is 0 Å². The minimum Gasteiger partial charge on any atom is -0.451 e. The number of amides is 1. The molecule has 0 saturated carbocycles. The third kappa shape index (κ3) is 5.68. The van der Waals surface area contributed by atoms with Gasteiger partial charge in [-0.2, -0.15) is 5.10 Å². The number of carbonyl (C=O) groups is 2. The maximum absolute atomic E-state index is 12.4. The van der Waals surface area contributed by atoms with Gasteiger partial charge < -0.3 is 10.1 Å². The highest BCUT2D eigenvalue weighted by molar-refractivity contribution is 6.42. The van der Waals surface area contributed by atoms with E-state index >= 15 is 0 Å². The molecule has 1 aromatic heterocycles. The molecule has 0 saturated heterocycles. The van der Waals surface area contributed by atoms with Crippen LogP contribution in [0.15, 0.2) is 53.3 Å². The number of rotatable bonds is 6. The lowest BCUT2D eigenvalue weighted by Crippen LogP contribution is -2.32. The zero-order valence-corrected chi connectivity index (χ0v) is 19.3. The van der Waals surface area contributed by atoms with Crippen molar-refractivity contribution in [3.63, 3.8) is 0 Å². The lowest BCUT2D eigenvalue weighted by Gasteiger charge is -2.15. The predicted octanol–water partition coefficient (Wildman–Crippen LogP) is 4.54. The molecular weight excluding hydrogens is 477 g/mol. The van der Waals surface area contributed by atoms with E-state index in [4.69, 9.17) is 39.5 Å². The van der Waals surface area contributed by atoms with Crippen LogP contribution in [0.5, 0.6) is 0 Å². The first-order valence-corrected chi connectivity index (χ1v) is 10.6. The molecule has 0 radical (unpaired) electrons. The maximum Gasteiger partial charge on any atom is 0.363 e. The molecular formula is C22H18Cl3N3O4. The smallest absolute Gasteiger partial charge is 0.363 e. The Morgan fingerprint density at radius 2 is 1.75 bits per heavy atom. The number of hydrogen-bond donors (Lipinski definition) is 1. The summed E-state index contributed by atoms with van der Waals surface area (Å²) in [4.78, 5) is 36.9. The Hall–Kier alpha value is -2.87. The molecule has 0 fully saturated rings. The molecule has 7 nitrogen and oxygen atoms in total. The quantitative estimate of drug-likeness (QED) is 0.508. The Morgan fingerprint density at radius 1 is 1.06 bits per heavy atom. The van der Waals surface area contributed by atoms with Gasteiger partial charge in [0, 0.05) is 16.8 Å². The highest BCUT2D eigenvalue weighted by Gasteiger charge is 2.19. The number of nitrogens with one attached hydrogen (secondary N) is 1. The number of nitrogens with zero attached hydrogens (tertiary/aromatic N) is 2. The maximum atomic E-state index is 12.4. The van der Waals surface area contributed by atoms with Crippen molar-refractivity contribution in [2.24, 2.45) is 0 Å². The zero-order chi connectivity index (χ0) is 23.4. The van der Waals surface area contributed by atoms with Crippen LogP contribution < -0.4 is 10.7 Å². The first-order valence-electron chi connectivity index (χ1n) is 9.44. The van der Waals surface area contributed by atoms with Crippen molar-refractivity contribution in [3.8, 4) is 5.69 Å². The summed E-state index contributed by atoms with van der Waals surface area (Å²) in [6.45, 7) is 2.84. The van der Waals surface area contributed by atoms with Crippen LogP contribution in [0.4, 0.5) is 0 Å².